The van der Waals surface area contributed by atoms with Crippen LogP contribution in [0.3, 0.4) is 0 Å². The third-order valence-electron chi connectivity index (χ3n) is 5.05. The molecule has 1 heterocycles. The molecular weight excluding hydrogens is 427 g/mol. The first-order valence-electron chi connectivity index (χ1n) is 9.10. The molecule has 6 nitrogen and oxygen atoms in total. The third kappa shape index (κ3) is 3.72. The summed E-state index contributed by atoms with van der Waals surface area (Å²) in [5.74, 6) is -0.285. The van der Waals surface area contributed by atoms with Crippen LogP contribution in [0, 0.1) is 16.7 Å². The highest BCUT2D eigenvalue weighted by Gasteiger charge is 2.48. The van der Waals surface area contributed by atoms with Crippen LogP contribution >= 0.6 is 12.2 Å². The van der Waals surface area contributed by atoms with E-state index in [1.807, 2.05) is 0 Å². The molecule has 0 unspecified atom stereocenters. The van der Waals surface area contributed by atoms with E-state index >= 15 is 0 Å². The number of hydrogen-bond acceptors (Lipinski definition) is 4. The third-order valence-corrected chi connectivity index (χ3v) is 5.41. The maximum atomic E-state index is 13.4. The Morgan fingerprint density at radius 1 is 1.16 bits per heavy atom. The van der Waals surface area contributed by atoms with Crippen LogP contribution in [0.1, 0.15) is 35.3 Å². The molecule has 0 saturated carbocycles. The fourth-order valence-corrected chi connectivity index (χ4v) is 3.93. The molecule has 1 amide bonds. The van der Waals surface area contributed by atoms with Gasteiger partial charge in [0.2, 0.25) is 0 Å². The maximum Gasteiger partial charge on any atom is 0.417 e. The molecular formula is C21H18F3N5OS. The van der Waals surface area contributed by atoms with Gasteiger partial charge in [-0.2, -0.15) is 18.4 Å². The molecule has 0 aromatic heterocycles. The molecule has 2 aromatic rings. The molecule has 1 saturated heterocycles. The van der Waals surface area contributed by atoms with Crippen LogP contribution in [0.15, 0.2) is 42.5 Å². The number of rotatable bonds is 3. The molecule has 1 fully saturated rings. The van der Waals surface area contributed by atoms with Gasteiger partial charge in [0.1, 0.15) is 5.84 Å². The van der Waals surface area contributed by atoms with Gasteiger partial charge in [0, 0.05) is 18.3 Å². The number of benzene rings is 2. The van der Waals surface area contributed by atoms with E-state index in [0.29, 0.717) is 11.3 Å². The number of nitrogens with zero attached hydrogens (tertiary/aromatic N) is 3. The second-order valence-electron chi connectivity index (χ2n) is 7.33. The topological polar surface area (TPSA) is 83.2 Å². The Morgan fingerprint density at radius 3 is 2.26 bits per heavy atom. The van der Waals surface area contributed by atoms with E-state index < -0.39 is 22.8 Å². The van der Waals surface area contributed by atoms with Crippen molar-refractivity contribution in [1.29, 1.82) is 10.7 Å². The van der Waals surface area contributed by atoms with Gasteiger partial charge in [-0.05, 0) is 68.5 Å². The van der Waals surface area contributed by atoms with Crippen molar-refractivity contribution in [3.63, 3.8) is 0 Å². The number of hydrogen-bond donors (Lipinski definition) is 2. The minimum Gasteiger partial charge on any atom is -0.355 e. The van der Waals surface area contributed by atoms with Crippen molar-refractivity contribution in [3.8, 4) is 6.07 Å². The summed E-state index contributed by atoms with van der Waals surface area (Å²) in [7, 11) is 1.51. The molecule has 0 bridgehead atoms. The summed E-state index contributed by atoms with van der Waals surface area (Å²) in [5, 5.41) is 20.3. The van der Waals surface area contributed by atoms with Crippen LogP contribution in [0.4, 0.5) is 24.5 Å². The van der Waals surface area contributed by atoms with Crippen LogP contribution in [0.25, 0.3) is 0 Å². The Bertz CT molecular complexity index is 1120. The first kappa shape index (κ1) is 22.2. The van der Waals surface area contributed by atoms with E-state index in [1.165, 1.54) is 18.0 Å². The van der Waals surface area contributed by atoms with E-state index in [2.05, 4.69) is 5.32 Å². The monoisotopic (exact) mass is 445 g/mol. The number of halogens is 3. The molecule has 3 rings (SSSR count). The van der Waals surface area contributed by atoms with Gasteiger partial charge in [-0.3, -0.25) is 15.1 Å². The number of amidine groups is 1. The number of nitrogens with one attached hydrogen (secondary N) is 2. The van der Waals surface area contributed by atoms with Crippen LogP contribution in [0.5, 0.6) is 0 Å². The van der Waals surface area contributed by atoms with Crippen LogP contribution in [0.2, 0.25) is 0 Å². The number of amides is 1. The Labute approximate surface area is 182 Å². The quantitative estimate of drug-likeness (QED) is 0.689. The molecule has 0 spiro atoms. The predicted octanol–water partition coefficient (Wildman–Crippen LogP) is 4.30. The SMILES string of the molecule is CNC(=O)c1ccc(N2C(=S)N(c3ccc(C#N)c(C(F)(F)F)c3)C(=N)C2(C)C)cc1. The fraction of sp³-hybridized carbons (Fsp3) is 0.238. The van der Waals surface area contributed by atoms with Gasteiger partial charge in [-0.25, -0.2) is 0 Å². The highest BCUT2D eigenvalue weighted by atomic mass is 32.1. The molecule has 31 heavy (non-hydrogen) atoms. The number of thiocarbonyl (C=S) groups is 1. The summed E-state index contributed by atoms with van der Waals surface area (Å²) < 4.78 is 40.3. The molecule has 0 radical (unpaired) electrons. The van der Waals surface area contributed by atoms with Gasteiger partial charge in [-0.1, -0.05) is 0 Å². The van der Waals surface area contributed by atoms with Crippen molar-refractivity contribution >= 4 is 40.4 Å². The molecule has 1 aliphatic heterocycles. The second-order valence-corrected chi connectivity index (χ2v) is 7.69. The van der Waals surface area contributed by atoms with Crippen LogP contribution in [-0.4, -0.2) is 29.4 Å². The number of carbonyl (C=O) groups excluding carboxylic acids is 1. The highest BCUT2D eigenvalue weighted by molar-refractivity contribution is 7.81. The number of nitriles is 1. The average Bonchev–Trinajstić information content (AvgIpc) is 2.90. The Morgan fingerprint density at radius 2 is 1.74 bits per heavy atom. The Kier molecular flexibility index (Phi) is 5.50. The van der Waals surface area contributed by atoms with Gasteiger partial charge in [0.25, 0.3) is 5.91 Å². The highest BCUT2D eigenvalue weighted by Crippen LogP contribution is 2.39. The first-order valence-corrected chi connectivity index (χ1v) is 9.51. The van der Waals surface area contributed by atoms with Gasteiger partial charge in [0.15, 0.2) is 5.11 Å². The average molecular weight is 445 g/mol. The standard InChI is InChI=1S/C21H18F3N5OS/c1-20(2)18(26)28(15-9-6-13(11-25)16(10-15)21(22,23)24)19(31)29(20)14-7-4-12(5-8-14)17(30)27-3/h4-10,26H,1-3H3,(H,27,30). The molecule has 2 aromatic carbocycles. The summed E-state index contributed by atoms with van der Waals surface area (Å²) >= 11 is 5.54. The molecule has 160 valence electrons. The minimum atomic E-state index is -4.73. The van der Waals surface area contributed by atoms with E-state index in [4.69, 9.17) is 22.9 Å². The molecule has 1 aliphatic rings. The van der Waals surface area contributed by atoms with Gasteiger partial charge in [0.05, 0.1) is 28.4 Å². The normalized spacial score (nSPS) is 15.8. The van der Waals surface area contributed by atoms with Crippen molar-refractivity contribution < 1.29 is 18.0 Å². The lowest BCUT2D eigenvalue weighted by Gasteiger charge is -2.30. The molecule has 10 heteroatoms. The number of carbonyl (C=O) groups is 1. The lowest BCUT2D eigenvalue weighted by Crippen LogP contribution is -2.44. The zero-order chi connectivity index (χ0) is 23.1. The number of alkyl halides is 3. The summed E-state index contributed by atoms with van der Waals surface area (Å²) in [4.78, 5) is 14.7. The van der Waals surface area contributed by atoms with E-state index in [-0.39, 0.29) is 22.5 Å². The molecule has 0 atom stereocenters. The van der Waals surface area contributed by atoms with Crippen molar-refractivity contribution in [2.75, 3.05) is 16.8 Å². The van der Waals surface area contributed by atoms with Crippen molar-refractivity contribution in [2.45, 2.75) is 25.6 Å². The number of anilines is 2. The summed E-state index contributed by atoms with van der Waals surface area (Å²) in [6.45, 7) is 3.45. The summed E-state index contributed by atoms with van der Waals surface area (Å²) in [5.41, 5.74) is -1.51. The van der Waals surface area contributed by atoms with Crippen molar-refractivity contribution in [2.24, 2.45) is 0 Å². The van der Waals surface area contributed by atoms with Crippen molar-refractivity contribution in [3.05, 3.63) is 59.2 Å². The lowest BCUT2D eigenvalue weighted by molar-refractivity contribution is -0.137. The van der Waals surface area contributed by atoms with Crippen molar-refractivity contribution in [1.82, 2.24) is 5.32 Å². The van der Waals surface area contributed by atoms with E-state index in [1.54, 1.807) is 49.1 Å². The minimum absolute atomic E-state index is 0.0225. The molecule has 2 N–H and O–H groups in total. The maximum absolute atomic E-state index is 13.4. The van der Waals surface area contributed by atoms with Gasteiger partial charge in [-0.15, -0.1) is 0 Å². The van der Waals surface area contributed by atoms with Gasteiger partial charge < -0.3 is 10.2 Å². The smallest absolute Gasteiger partial charge is 0.355 e. The predicted molar refractivity (Wildman–Crippen MR) is 115 cm³/mol. The summed E-state index contributed by atoms with van der Waals surface area (Å²) in [6.07, 6.45) is -4.73. The van der Waals surface area contributed by atoms with Gasteiger partial charge >= 0.3 is 6.18 Å². The second kappa shape index (κ2) is 7.67. The zero-order valence-corrected chi connectivity index (χ0v) is 17.6. The lowest BCUT2D eigenvalue weighted by atomic mass is 10.0. The zero-order valence-electron chi connectivity index (χ0n) is 16.8. The van der Waals surface area contributed by atoms with Crippen LogP contribution < -0.4 is 15.1 Å². The van der Waals surface area contributed by atoms with E-state index in [9.17, 15) is 18.0 Å². The first-order chi connectivity index (χ1) is 14.4. The summed E-state index contributed by atoms with van der Waals surface area (Å²) in [6, 6.07) is 11.3. The molecule has 0 aliphatic carbocycles. The van der Waals surface area contributed by atoms with Crippen LogP contribution in [-0.2, 0) is 6.18 Å². The Hall–Kier alpha value is -3.45. The largest absolute Gasteiger partial charge is 0.417 e. The Balaban J connectivity index is 2.06. The fourth-order valence-electron chi connectivity index (χ4n) is 3.40. The van der Waals surface area contributed by atoms with E-state index in [0.717, 1.165) is 12.1 Å².